The number of carbonyl (C=O) groups is 2. The fraction of sp³-hybridized carbons (Fsp3) is 0.318. The number of carbonyl (C=O) groups excluding carboxylic acids is 2. The van der Waals surface area contributed by atoms with Gasteiger partial charge in [-0.25, -0.2) is 9.59 Å². The molecule has 0 spiro atoms. The molecule has 0 bridgehead atoms. The number of alkyl halides is 2. The monoisotopic (exact) mass is 540 g/mol. The van der Waals surface area contributed by atoms with Crippen LogP contribution in [-0.4, -0.2) is 64.3 Å². The van der Waals surface area contributed by atoms with Gasteiger partial charge in [-0.1, -0.05) is 5.16 Å². The van der Waals surface area contributed by atoms with Gasteiger partial charge in [0.1, 0.15) is 11.4 Å². The van der Waals surface area contributed by atoms with E-state index in [1.807, 2.05) is 0 Å². The number of methoxy groups -OCH3 is 2. The van der Waals surface area contributed by atoms with Crippen molar-refractivity contribution in [1.82, 2.24) is 14.5 Å². The number of rotatable bonds is 10. The van der Waals surface area contributed by atoms with Gasteiger partial charge in [0.15, 0.2) is 23.0 Å². The Morgan fingerprint density at radius 2 is 1.97 bits per heavy atom. The first-order chi connectivity index (χ1) is 17.7. The zero-order valence-electron chi connectivity index (χ0n) is 20.1. The second-order valence-electron chi connectivity index (χ2n) is 7.00. The van der Waals surface area contributed by atoms with Gasteiger partial charge in [-0.3, -0.25) is 9.82 Å². The second kappa shape index (κ2) is 12.3. The van der Waals surface area contributed by atoms with E-state index in [1.165, 1.54) is 39.5 Å². The van der Waals surface area contributed by atoms with Crippen molar-refractivity contribution in [2.24, 2.45) is 5.16 Å². The normalized spacial score (nSPS) is 12.4. The Bertz CT molecular complexity index is 1320. The molecule has 3 aromatic rings. The van der Waals surface area contributed by atoms with E-state index in [-0.39, 0.29) is 51.5 Å². The number of fused-ring (bicyclic) bond motifs is 1. The lowest BCUT2D eigenvalue weighted by molar-refractivity contribution is -0.135. The lowest BCUT2D eigenvalue weighted by Crippen LogP contribution is -2.21. The van der Waals surface area contributed by atoms with Crippen molar-refractivity contribution < 1.29 is 46.7 Å². The molecule has 12 nitrogen and oxygen atoms in total. The predicted octanol–water partition coefficient (Wildman–Crippen LogP) is 3.28. The Balaban J connectivity index is 2.03. The van der Waals surface area contributed by atoms with Gasteiger partial charge in [0.2, 0.25) is 0 Å². The van der Waals surface area contributed by atoms with Crippen molar-refractivity contribution in [3.8, 4) is 17.2 Å². The minimum atomic E-state index is -3.09. The molecule has 3 rings (SSSR count). The van der Waals surface area contributed by atoms with Crippen molar-refractivity contribution in [2.75, 3.05) is 20.8 Å². The van der Waals surface area contributed by atoms with Crippen LogP contribution in [0.3, 0.4) is 0 Å². The fourth-order valence-corrected chi connectivity index (χ4v) is 4.27. The molecular formula is C22H22F2N4O8S. The number of benzene rings is 1. The maximum absolute atomic E-state index is 13.4. The molecule has 0 fully saturated rings. The maximum Gasteiger partial charge on any atom is 0.449 e. The van der Waals surface area contributed by atoms with E-state index in [0.717, 1.165) is 10.6 Å². The smallest absolute Gasteiger partial charge is 0.449 e. The van der Waals surface area contributed by atoms with E-state index in [9.17, 15) is 22.9 Å². The molecular weight excluding hydrogens is 518 g/mol. The number of hydrogen-bond acceptors (Lipinski definition) is 11. The first-order valence-electron chi connectivity index (χ1n) is 10.5. The number of halogens is 2. The summed E-state index contributed by atoms with van der Waals surface area (Å²) in [4.78, 5) is 37.9. The molecule has 0 aliphatic heterocycles. The summed E-state index contributed by atoms with van der Waals surface area (Å²) in [6.45, 7) is -0.149. The molecule has 1 aromatic carbocycles. The predicted molar refractivity (Wildman–Crippen MR) is 125 cm³/mol. The van der Waals surface area contributed by atoms with E-state index in [0.29, 0.717) is 5.75 Å². The largest absolute Gasteiger partial charge is 0.609 e. The SMILES string of the molecule is CCOC(=O)/C(C)=N/OC(=O)n1c([S+]([O-])Cc2nccc(OC)c2OC)nc2cc(OC(F)F)ccc21. The Morgan fingerprint density at radius 3 is 2.62 bits per heavy atom. The molecule has 0 radical (unpaired) electrons. The molecule has 0 amide bonds. The molecule has 2 aromatic heterocycles. The molecule has 15 heteroatoms. The summed E-state index contributed by atoms with van der Waals surface area (Å²) >= 11 is -2.04. The number of imidazole rings is 1. The molecule has 1 unspecified atom stereocenters. The van der Waals surface area contributed by atoms with Gasteiger partial charge in [-0.05, 0) is 26.0 Å². The molecule has 0 saturated carbocycles. The van der Waals surface area contributed by atoms with Gasteiger partial charge in [-0.15, -0.1) is 0 Å². The number of pyridine rings is 1. The zero-order chi connectivity index (χ0) is 27.1. The van der Waals surface area contributed by atoms with Gasteiger partial charge in [0.25, 0.3) is 0 Å². The van der Waals surface area contributed by atoms with Crippen LogP contribution in [0.5, 0.6) is 17.2 Å². The Morgan fingerprint density at radius 1 is 1.22 bits per heavy atom. The quantitative estimate of drug-likeness (QED) is 0.123. The minimum absolute atomic E-state index is 0.00936. The highest BCUT2D eigenvalue weighted by Gasteiger charge is 2.30. The van der Waals surface area contributed by atoms with Crippen LogP contribution in [0.2, 0.25) is 0 Å². The number of oxime groups is 1. The van der Waals surface area contributed by atoms with Gasteiger partial charge >= 0.3 is 23.8 Å². The van der Waals surface area contributed by atoms with Gasteiger partial charge < -0.3 is 23.5 Å². The summed E-state index contributed by atoms with van der Waals surface area (Å²) in [6, 6.07) is 5.12. The van der Waals surface area contributed by atoms with E-state index < -0.39 is 29.8 Å². The van der Waals surface area contributed by atoms with Crippen molar-refractivity contribution in [2.45, 2.75) is 31.4 Å². The van der Waals surface area contributed by atoms with Crippen molar-refractivity contribution in [3.05, 3.63) is 36.2 Å². The van der Waals surface area contributed by atoms with Crippen LogP contribution in [0.25, 0.3) is 11.0 Å². The third-order valence-corrected chi connectivity index (χ3v) is 5.89. The average molecular weight is 541 g/mol. The highest BCUT2D eigenvalue weighted by Crippen LogP contribution is 2.32. The van der Waals surface area contributed by atoms with E-state index in [4.69, 9.17) is 19.0 Å². The van der Waals surface area contributed by atoms with Gasteiger partial charge in [0, 0.05) is 29.5 Å². The summed E-state index contributed by atoms with van der Waals surface area (Å²) in [5.41, 5.74) is 0.0601. The van der Waals surface area contributed by atoms with Crippen LogP contribution in [0, 0.1) is 0 Å². The fourth-order valence-electron chi connectivity index (χ4n) is 3.11. The Kier molecular flexibility index (Phi) is 9.19. The second-order valence-corrected chi connectivity index (χ2v) is 8.34. The summed E-state index contributed by atoms with van der Waals surface area (Å²) in [5, 5.41) is 3.17. The number of aromatic nitrogens is 3. The summed E-state index contributed by atoms with van der Waals surface area (Å²) in [7, 11) is 2.80. The van der Waals surface area contributed by atoms with Crippen LogP contribution in [0.4, 0.5) is 13.6 Å². The highest BCUT2D eigenvalue weighted by atomic mass is 32.2. The van der Waals surface area contributed by atoms with Crippen molar-refractivity contribution in [1.29, 1.82) is 0 Å². The van der Waals surface area contributed by atoms with Crippen molar-refractivity contribution >= 4 is 40.0 Å². The molecule has 198 valence electrons. The third-order valence-electron chi connectivity index (χ3n) is 4.67. The number of nitrogens with zero attached hydrogens (tertiary/aromatic N) is 4. The number of esters is 1. The summed E-state index contributed by atoms with van der Waals surface area (Å²) in [6.07, 6.45) is 0.258. The Hall–Kier alpha value is -3.98. The lowest BCUT2D eigenvalue weighted by Gasteiger charge is -2.13. The van der Waals surface area contributed by atoms with Gasteiger partial charge in [-0.2, -0.15) is 18.3 Å². The summed E-state index contributed by atoms with van der Waals surface area (Å²) < 4.78 is 59.3. The number of hydrogen-bond donors (Lipinski definition) is 0. The van der Waals surface area contributed by atoms with Crippen molar-refractivity contribution in [3.63, 3.8) is 0 Å². The van der Waals surface area contributed by atoms with Crippen LogP contribution in [0.15, 0.2) is 40.8 Å². The molecule has 0 aliphatic carbocycles. The van der Waals surface area contributed by atoms with Gasteiger partial charge in [0.05, 0.1) is 31.9 Å². The summed E-state index contributed by atoms with van der Waals surface area (Å²) in [5.74, 6) is -0.728. The van der Waals surface area contributed by atoms with Crippen LogP contribution < -0.4 is 14.2 Å². The maximum atomic E-state index is 13.4. The molecule has 0 saturated heterocycles. The zero-order valence-corrected chi connectivity index (χ0v) is 20.9. The number of ether oxygens (including phenoxy) is 4. The van der Waals surface area contributed by atoms with E-state index in [1.54, 1.807) is 13.0 Å². The molecule has 1 atom stereocenters. The standard InChI is InChI=1S/C22H22F2N4O8S/c1-5-34-19(29)12(2)27-36-22(30)28-16-7-6-13(35-20(23)24)10-14(16)26-21(28)37(31)11-15-18(33-4)17(32-3)8-9-25-15/h6-10,20H,5,11H2,1-4H3/b27-12+. The Labute approximate surface area is 212 Å². The third kappa shape index (κ3) is 6.42. The molecule has 2 heterocycles. The lowest BCUT2D eigenvalue weighted by atomic mass is 10.3. The van der Waals surface area contributed by atoms with Crippen LogP contribution in [0.1, 0.15) is 19.5 Å². The van der Waals surface area contributed by atoms with E-state index in [2.05, 4.69) is 19.9 Å². The minimum Gasteiger partial charge on any atom is -0.609 e. The first-order valence-corrected chi connectivity index (χ1v) is 11.9. The molecule has 0 N–H and O–H groups in total. The average Bonchev–Trinajstić information content (AvgIpc) is 3.25. The molecule has 0 aliphatic rings. The molecule has 37 heavy (non-hydrogen) atoms. The van der Waals surface area contributed by atoms with Crippen LogP contribution >= 0.6 is 0 Å². The van der Waals surface area contributed by atoms with Crippen LogP contribution in [-0.2, 0) is 31.3 Å². The first kappa shape index (κ1) is 27.6. The highest BCUT2D eigenvalue weighted by molar-refractivity contribution is 7.90. The topological polar surface area (TPSA) is 146 Å². The van der Waals surface area contributed by atoms with E-state index >= 15 is 0 Å².